The summed E-state index contributed by atoms with van der Waals surface area (Å²) in [4.78, 5) is 147. The Bertz CT molecular complexity index is 2890. The fourth-order valence-electron chi connectivity index (χ4n) is 9.84. The molecule has 2 aromatic carbocycles. The van der Waals surface area contributed by atoms with Crippen LogP contribution in [0.15, 0.2) is 59.7 Å². The number of hydrogen-bond acceptors (Lipinski definition) is 17. The van der Waals surface area contributed by atoms with Gasteiger partial charge in [-0.05, 0) is 150 Å². The molecule has 0 bridgehead atoms. The van der Waals surface area contributed by atoms with Crippen LogP contribution in [0.2, 0.25) is 0 Å². The summed E-state index contributed by atoms with van der Waals surface area (Å²) in [6.07, 6.45) is 7.19. The van der Waals surface area contributed by atoms with E-state index >= 15 is 0 Å². The van der Waals surface area contributed by atoms with Gasteiger partial charge in [-0.1, -0.05) is 64.4 Å². The lowest BCUT2D eigenvalue weighted by molar-refractivity contribution is -0.142. The van der Waals surface area contributed by atoms with Crippen molar-refractivity contribution in [2.75, 3.05) is 38.2 Å². The number of amides is 9. The minimum atomic E-state index is -1.40. The molecule has 92 heavy (non-hydrogen) atoms. The van der Waals surface area contributed by atoms with Crippen LogP contribution in [0.5, 0.6) is 5.75 Å². The number of unbranched alkanes of at least 4 members (excludes halogenated alkanes) is 3. The number of guanidine groups is 1. The van der Waals surface area contributed by atoms with Crippen LogP contribution in [0.3, 0.4) is 0 Å². The molecule has 0 aliphatic heterocycles. The van der Waals surface area contributed by atoms with E-state index in [4.69, 9.17) is 34.4 Å². The number of nitrogens with one attached hydrogen (secondary N) is 10. The van der Waals surface area contributed by atoms with Crippen molar-refractivity contribution in [2.45, 2.75) is 185 Å². The summed E-state index contributed by atoms with van der Waals surface area (Å²) in [5, 5.41) is 45.1. The van der Waals surface area contributed by atoms with E-state index in [-0.39, 0.29) is 63.2 Å². The van der Waals surface area contributed by atoms with E-state index in [1.54, 1.807) is 40.1 Å². The second-order valence-electron chi connectivity index (χ2n) is 23.5. The molecular formula is C62H101N17O12S. The number of H-pyrrole nitrogens is 1. The lowest BCUT2D eigenvalue weighted by atomic mass is 9.98. The lowest BCUT2D eigenvalue weighted by Crippen LogP contribution is -2.62. The van der Waals surface area contributed by atoms with Crippen molar-refractivity contribution < 1.29 is 58.2 Å². The summed E-state index contributed by atoms with van der Waals surface area (Å²) < 4.78 is 0. The maximum atomic E-state index is 14.7. The summed E-state index contributed by atoms with van der Waals surface area (Å²) in [5.74, 6) is -9.21. The molecule has 0 fully saturated rings. The van der Waals surface area contributed by atoms with E-state index in [9.17, 15) is 58.2 Å². The van der Waals surface area contributed by atoms with Gasteiger partial charge in [-0.15, -0.1) is 0 Å². The van der Waals surface area contributed by atoms with Gasteiger partial charge in [0.2, 0.25) is 53.2 Å². The number of para-hydroxylation sites is 1. The van der Waals surface area contributed by atoms with E-state index < -0.39 is 131 Å². The number of carboxylic acids is 1. The maximum absolute atomic E-state index is 14.7. The Labute approximate surface area is 542 Å². The number of fused-ring (bicyclic) bond motifs is 1. The van der Waals surface area contributed by atoms with E-state index in [1.807, 2.05) is 24.3 Å². The number of phenols is 1. The third kappa shape index (κ3) is 27.4. The van der Waals surface area contributed by atoms with Crippen LogP contribution in [0, 0.1) is 11.8 Å². The number of nitrogens with two attached hydrogens (primary N) is 6. The number of aliphatic imine (C=N–C) groups is 1. The zero-order valence-electron chi connectivity index (χ0n) is 53.9. The van der Waals surface area contributed by atoms with Crippen LogP contribution >= 0.6 is 11.8 Å². The molecule has 3 aromatic rings. The van der Waals surface area contributed by atoms with E-state index in [0.29, 0.717) is 81.5 Å². The summed E-state index contributed by atoms with van der Waals surface area (Å²) >= 11 is 1.39. The molecule has 29 nitrogen and oxygen atoms in total. The predicted octanol–water partition coefficient (Wildman–Crippen LogP) is -1.04. The quantitative estimate of drug-likeness (QED) is 0.0183. The number of carbonyl (C=O) groups is 10. The highest BCUT2D eigenvalue weighted by molar-refractivity contribution is 7.98. The van der Waals surface area contributed by atoms with Gasteiger partial charge in [0.25, 0.3) is 0 Å². The summed E-state index contributed by atoms with van der Waals surface area (Å²) in [5.41, 5.74) is 35.9. The molecule has 10 atom stereocenters. The number of carbonyl (C=O) groups excluding carboxylic acids is 9. The molecule has 512 valence electrons. The zero-order valence-corrected chi connectivity index (χ0v) is 54.7. The van der Waals surface area contributed by atoms with Gasteiger partial charge in [-0.2, -0.15) is 11.8 Å². The molecule has 9 amide bonds. The first-order valence-corrected chi connectivity index (χ1v) is 32.8. The topological polar surface area (TPSA) is 504 Å². The van der Waals surface area contributed by atoms with Crippen LogP contribution in [-0.2, 0) is 60.8 Å². The van der Waals surface area contributed by atoms with Crippen molar-refractivity contribution in [1.29, 1.82) is 0 Å². The number of aromatic amines is 1. The van der Waals surface area contributed by atoms with Crippen molar-refractivity contribution in [3.63, 3.8) is 0 Å². The van der Waals surface area contributed by atoms with Gasteiger partial charge in [0, 0.05) is 36.5 Å². The Morgan fingerprint density at radius 2 is 0.957 bits per heavy atom. The van der Waals surface area contributed by atoms with E-state index in [2.05, 4.69) is 57.8 Å². The zero-order chi connectivity index (χ0) is 68.5. The SMILES string of the molecule is CSCC[C@H](NC(=O)[C@@H](NC(=O)[C@@H](NC(=O)[C@H](Cc1ccc(O)cc1)NC(=O)[C@H](C)NC(=O)[C@H](CCCN=C(N)N)NC(=O)[C@H](N)CCCCN)C(C)C)C(C)C)C(=O)N[C@@H](Cc1c[nH]c2ccccc12)C(=O)N[C@@H](CCCCN)C(=O)N[C@H](CCCCN)C(=O)O. The highest BCUT2D eigenvalue weighted by Gasteiger charge is 2.37. The van der Waals surface area contributed by atoms with E-state index in [0.717, 1.165) is 10.9 Å². The number of phenolic OH excluding ortho intramolecular Hbond substituents is 1. The second kappa shape index (κ2) is 41.4. The number of benzene rings is 2. The third-order valence-corrected chi connectivity index (χ3v) is 15.9. The normalized spacial score (nSPS) is 14.6. The molecular weight excluding hydrogens is 1210 g/mol. The van der Waals surface area contributed by atoms with Gasteiger partial charge in [-0.3, -0.25) is 48.1 Å². The fourth-order valence-corrected chi connectivity index (χ4v) is 10.3. The van der Waals surface area contributed by atoms with Crippen LogP contribution < -0.4 is 82.3 Å². The third-order valence-electron chi connectivity index (χ3n) is 15.3. The summed E-state index contributed by atoms with van der Waals surface area (Å²) in [6, 6.07) is 0.551. The van der Waals surface area contributed by atoms with Crippen LogP contribution in [0.1, 0.15) is 123 Å². The Kier molecular flexibility index (Phi) is 35.2. The number of carboxylic acid groups (broad SMARTS) is 1. The molecule has 30 heteroatoms. The smallest absolute Gasteiger partial charge is 0.326 e. The standard InChI is InChI=1S/C62H101N17O12S/c1-35(2)50(59(88)74-46(26-31-92-6)56(85)77-49(33-39-34-70-43-18-8-7-16-41(39)43)57(86)73-44(19-10-13-28-64)55(84)75-47(61(90)91)20-11-14-29-65)79-60(89)51(36(3)4)78-58(87)48(32-38-22-24-40(80)25-23-38)76-52(81)37(5)71-54(83)45(21-15-30-69-62(67)68)72-53(82)42(66)17-9-12-27-63/h7-8,16,18,22-25,34-37,42,44-51,70,80H,9-15,17,19-21,26-33,63-66H2,1-6H3,(H,71,83)(H,72,82)(H,73,86)(H,74,88)(H,75,84)(H,76,81)(H,77,85)(H,78,87)(H,79,89)(H,90,91)(H4,67,68,69)/t37-,42+,44-,45-,46-,47+,48-,49-,50-,51-/m0/s1. The number of hydrogen-bond donors (Lipinski definition) is 18. The van der Waals surface area contributed by atoms with Crippen molar-refractivity contribution in [1.82, 2.24) is 52.8 Å². The van der Waals surface area contributed by atoms with Crippen molar-refractivity contribution in [2.24, 2.45) is 51.2 Å². The molecule has 0 aliphatic rings. The fraction of sp³-hybridized carbons (Fsp3) is 0.597. The molecule has 0 spiro atoms. The van der Waals surface area contributed by atoms with Gasteiger partial charge in [0.15, 0.2) is 5.96 Å². The summed E-state index contributed by atoms with van der Waals surface area (Å²) in [6.45, 7) is 9.16. The molecule has 0 radical (unpaired) electrons. The molecule has 0 aliphatic carbocycles. The molecule has 0 saturated carbocycles. The van der Waals surface area contributed by atoms with E-state index in [1.165, 1.54) is 43.0 Å². The van der Waals surface area contributed by atoms with Crippen molar-refractivity contribution in [3.8, 4) is 5.75 Å². The van der Waals surface area contributed by atoms with Gasteiger partial charge in [0.05, 0.1) is 6.04 Å². The van der Waals surface area contributed by atoms with Gasteiger partial charge < -0.3 is 97.5 Å². The van der Waals surface area contributed by atoms with Crippen LogP contribution in [0.25, 0.3) is 10.9 Å². The Morgan fingerprint density at radius 1 is 0.511 bits per heavy atom. The highest BCUT2D eigenvalue weighted by atomic mass is 32.2. The predicted molar refractivity (Wildman–Crippen MR) is 354 cm³/mol. The lowest BCUT2D eigenvalue weighted by Gasteiger charge is -2.30. The van der Waals surface area contributed by atoms with Crippen LogP contribution in [0.4, 0.5) is 0 Å². The average molecular weight is 1310 g/mol. The minimum Gasteiger partial charge on any atom is -0.508 e. The highest BCUT2D eigenvalue weighted by Crippen LogP contribution is 2.21. The molecule has 3 rings (SSSR count). The Balaban J connectivity index is 1.91. The van der Waals surface area contributed by atoms with Crippen molar-refractivity contribution >= 4 is 87.8 Å². The number of thioether (sulfide) groups is 1. The first-order valence-electron chi connectivity index (χ1n) is 31.4. The van der Waals surface area contributed by atoms with Gasteiger partial charge >= 0.3 is 5.97 Å². The maximum Gasteiger partial charge on any atom is 0.326 e. The number of rotatable bonds is 44. The van der Waals surface area contributed by atoms with Gasteiger partial charge in [0.1, 0.15) is 60.1 Å². The van der Waals surface area contributed by atoms with Crippen LogP contribution in [-0.4, -0.2) is 179 Å². The molecule has 0 unspecified atom stereocenters. The first-order chi connectivity index (χ1) is 43.7. The molecule has 1 heterocycles. The molecule has 0 saturated heterocycles. The average Bonchev–Trinajstić information content (AvgIpc) is 1.67. The minimum absolute atomic E-state index is 0.0580. The number of nitrogens with zero attached hydrogens (tertiary/aromatic N) is 1. The number of aromatic hydroxyl groups is 1. The summed E-state index contributed by atoms with van der Waals surface area (Å²) in [7, 11) is 0. The monoisotopic (exact) mass is 1310 g/mol. The Morgan fingerprint density at radius 3 is 1.52 bits per heavy atom. The molecule has 1 aromatic heterocycles. The Hall–Kier alpha value is -8.06. The largest absolute Gasteiger partial charge is 0.508 e. The molecule has 24 N–H and O–H groups in total. The second-order valence-corrected chi connectivity index (χ2v) is 24.5. The van der Waals surface area contributed by atoms with Crippen molar-refractivity contribution in [3.05, 3.63) is 65.9 Å². The number of aromatic nitrogens is 1. The first kappa shape index (κ1) is 78.2. The number of aliphatic carboxylic acids is 1. The van der Waals surface area contributed by atoms with Gasteiger partial charge in [-0.25, -0.2) is 4.79 Å².